The van der Waals surface area contributed by atoms with Gasteiger partial charge in [0, 0.05) is 44.3 Å². The molecule has 3 heterocycles. The number of sulfonamides is 1. The fourth-order valence-corrected chi connectivity index (χ4v) is 5.73. The Labute approximate surface area is 230 Å². The molecule has 14 nitrogen and oxygen atoms in total. The summed E-state index contributed by atoms with van der Waals surface area (Å²) in [5.41, 5.74) is -2.15. The van der Waals surface area contributed by atoms with Crippen LogP contribution in [0.3, 0.4) is 0 Å². The van der Waals surface area contributed by atoms with Crippen LogP contribution in [0.15, 0.2) is 38.9 Å². The van der Waals surface area contributed by atoms with E-state index in [1.807, 2.05) is 4.72 Å². The number of carbonyl (C=O) groups is 2. The lowest BCUT2D eigenvalue weighted by molar-refractivity contribution is -0.139. The largest absolute Gasteiger partial charge is 0.480 e. The van der Waals surface area contributed by atoms with Gasteiger partial charge in [0.1, 0.15) is 28.0 Å². The number of nitrogens with one attached hydrogen (secondary N) is 4. The van der Waals surface area contributed by atoms with Crippen molar-refractivity contribution in [2.45, 2.75) is 31.2 Å². The molecule has 0 fully saturated rings. The van der Waals surface area contributed by atoms with Crippen LogP contribution < -0.4 is 15.5 Å². The molecule has 17 heteroatoms. The number of hydrogen-bond acceptors (Lipinski definition) is 9. The van der Waals surface area contributed by atoms with E-state index in [-0.39, 0.29) is 40.4 Å². The minimum absolute atomic E-state index is 0.00248. The molecule has 0 spiro atoms. The van der Waals surface area contributed by atoms with Gasteiger partial charge in [-0.3, -0.25) is 14.4 Å². The molecular weight excluding hydrogens is 568 g/mol. The minimum atomic E-state index is -4.41. The Hall–Kier alpha value is -4.64. The van der Waals surface area contributed by atoms with E-state index in [1.165, 1.54) is 20.0 Å². The Bertz CT molecular complexity index is 1770. The predicted octanol–water partition coefficient (Wildman–Crippen LogP) is 1.29. The van der Waals surface area contributed by atoms with Crippen LogP contribution in [-0.2, 0) is 21.2 Å². The number of fused-ring (bicyclic) bond motifs is 1. The Morgan fingerprint density at radius 3 is 2.59 bits per heavy atom. The summed E-state index contributed by atoms with van der Waals surface area (Å²) in [7, 11) is -3.27. The number of aryl methyl sites for hydroxylation is 2. The lowest BCUT2D eigenvalue weighted by Gasteiger charge is -2.22. The van der Waals surface area contributed by atoms with Crippen molar-refractivity contribution >= 4 is 38.8 Å². The average Bonchev–Trinajstić information content (AvgIpc) is 3.55. The molecule has 0 radical (unpaired) electrons. The highest BCUT2D eigenvalue weighted by Gasteiger charge is 2.32. The lowest BCUT2D eigenvalue weighted by Crippen LogP contribution is -2.49. The molecule has 4 aromatic rings. The number of aliphatic carboxylic acids is 1. The normalized spacial score (nSPS) is 12.4. The van der Waals surface area contributed by atoms with E-state index in [9.17, 15) is 32.3 Å². The van der Waals surface area contributed by atoms with Gasteiger partial charge in [0.25, 0.3) is 5.91 Å². The van der Waals surface area contributed by atoms with Crippen molar-refractivity contribution in [1.29, 1.82) is 0 Å². The van der Waals surface area contributed by atoms with Crippen LogP contribution >= 0.6 is 0 Å². The number of nitrogens with zero attached hydrogens (tertiary/aromatic N) is 3. The molecule has 1 unspecified atom stereocenters. The van der Waals surface area contributed by atoms with E-state index in [1.54, 1.807) is 6.20 Å². The summed E-state index contributed by atoms with van der Waals surface area (Å²) >= 11 is 0. The first kappa shape index (κ1) is 29.3. The standard InChI is InChI=1S/C24H25F2N7O7S/c1-11-21(12(2)40-31-11)41(38,39)32-17(23(36)37)10-33(3)22(35)15-9-30-19-14(20(15)34)8-16(25)13(18(19)26)4-5-27-24-28-6-7-29-24/h6-9,17,32H,4-5,10H2,1-3H3,(H,30,34)(H,36,37)(H2,27,28,29). The quantitative estimate of drug-likeness (QED) is 0.169. The summed E-state index contributed by atoms with van der Waals surface area (Å²) in [6, 6.07) is -1.01. The molecule has 3 aromatic heterocycles. The number of carboxylic acid groups (broad SMARTS) is 1. The Kier molecular flexibility index (Phi) is 8.20. The summed E-state index contributed by atoms with van der Waals surface area (Å²) < 4.78 is 62.4. The summed E-state index contributed by atoms with van der Waals surface area (Å²) in [6.45, 7) is 2.12. The van der Waals surface area contributed by atoms with E-state index in [4.69, 9.17) is 4.52 Å². The predicted molar refractivity (Wildman–Crippen MR) is 140 cm³/mol. The van der Waals surface area contributed by atoms with Gasteiger partial charge in [0.2, 0.25) is 15.5 Å². The monoisotopic (exact) mass is 593 g/mol. The second kappa shape index (κ2) is 11.5. The number of likely N-dealkylation sites (N-methyl/N-ethyl adjacent to an activating group) is 1. The second-order valence-electron chi connectivity index (χ2n) is 9.07. The van der Waals surface area contributed by atoms with Gasteiger partial charge in [-0.15, -0.1) is 0 Å². The molecule has 1 amide bonds. The van der Waals surface area contributed by atoms with Gasteiger partial charge in [-0.25, -0.2) is 22.2 Å². The number of carbonyl (C=O) groups excluding carboxylic acids is 1. The van der Waals surface area contributed by atoms with Crippen LogP contribution in [0.25, 0.3) is 10.9 Å². The van der Waals surface area contributed by atoms with Crippen molar-refractivity contribution in [3.05, 3.63) is 69.1 Å². The minimum Gasteiger partial charge on any atom is -0.480 e. The highest BCUT2D eigenvalue weighted by Crippen LogP contribution is 2.22. The maximum atomic E-state index is 15.2. The first-order chi connectivity index (χ1) is 19.3. The molecule has 0 saturated carbocycles. The number of amides is 1. The zero-order valence-electron chi connectivity index (χ0n) is 21.9. The number of pyridine rings is 1. The van der Waals surface area contributed by atoms with Crippen LogP contribution in [0.4, 0.5) is 14.7 Å². The third-order valence-corrected chi connectivity index (χ3v) is 7.91. The molecule has 0 aliphatic carbocycles. The van der Waals surface area contributed by atoms with Gasteiger partial charge in [-0.1, -0.05) is 5.16 Å². The number of aromatic nitrogens is 4. The van der Waals surface area contributed by atoms with Crippen LogP contribution in [0, 0.1) is 25.5 Å². The number of anilines is 1. The van der Waals surface area contributed by atoms with Crippen molar-refractivity contribution in [1.82, 2.24) is 29.7 Å². The maximum absolute atomic E-state index is 15.2. The van der Waals surface area contributed by atoms with E-state index in [2.05, 4.69) is 25.4 Å². The molecular formula is C24H25F2N7O7S. The summed E-state index contributed by atoms with van der Waals surface area (Å²) in [6.07, 6.45) is 3.92. The molecule has 0 aliphatic rings. The Morgan fingerprint density at radius 1 is 1.24 bits per heavy atom. The van der Waals surface area contributed by atoms with Crippen molar-refractivity contribution in [3.8, 4) is 0 Å². The highest BCUT2D eigenvalue weighted by atomic mass is 32.2. The molecule has 4 rings (SSSR count). The number of benzene rings is 1. The molecule has 1 aromatic carbocycles. The molecule has 1 atom stereocenters. The van der Waals surface area contributed by atoms with Gasteiger partial charge in [-0.2, -0.15) is 4.72 Å². The smallest absolute Gasteiger partial charge is 0.323 e. The average molecular weight is 594 g/mol. The van der Waals surface area contributed by atoms with Crippen LogP contribution in [-0.4, -0.2) is 76.6 Å². The van der Waals surface area contributed by atoms with Gasteiger partial charge >= 0.3 is 5.97 Å². The van der Waals surface area contributed by atoms with Gasteiger partial charge in [0.15, 0.2) is 17.5 Å². The van der Waals surface area contributed by atoms with Crippen molar-refractivity contribution in [2.75, 3.05) is 25.5 Å². The summed E-state index contributed by atoms with van der Waals surface area (Å²) in [4.78, 5) is 47.7. The number of hydrogen-bond donors (Lipinski definition) is 5. The maximum Gasteiger partial charge on any atom is 0.323 e. The molecule has 0 aliphatic heterocycles. The van der Waals surface area contributed by atoms with Crippen molar-refractivity contribution in [3.63, 3.8) is 0 Å². The molecule has 218 valence electrons. The first-order valence-corrected chi connectivity index (χ1v) is 13.5. The van der Waals surface area contributed by atoms with Crippen molar-refractivity contribution in [2.24, 2.45) is 0 Å². The fraction of sp³-hybridized carbons (Fsp3) is 0.292. The Balaban J connectivity index is 1.55. The third kappa shape index (κ3) is 5.94. The summed E-state index contributed by atoms with van der Waals surface area (Å²) in [5, 5.41) is 15.6. The molecule has 0 saturated heterocycles. The summed E-state index contributed by atoms with van der Waals surface area (Å²) in [5.74, 6) is -4.28. The van der Waals surface area contributed by atoms with E-state index in [0.29, 0.717) is 5.95 Å². The Morgan fingerprint density at radius 2 is 1.98 bits per heavy atom. The van der Waals surface area contributed by atoms with Crippen LogP contribution in [0.1, 0.15) is 27.4 Å². The molecule has 41 heavy (non-hydrogen) atoms. The van der Waals surface area contributed by atoms with E-state index < -0.39 is 62.5 Å². The first-order valence-electron chi connectivity index (χ1n) is 12.0. The number of carboxylic acids is 1. The van der Waals surface area contributed by atoms with Gasteiger partial charge in [-0.05, 0) is 26.3 Å². The van der Waals surface area contributed by atoms with Crippen LogP contribution in [0.2, 0.25) is 0 Å². The van der Waals surface area contributed by atoms with Gasteiger partial charge < -0.3 is 29.8 Å². The van der Waals surface area contributed by atoms with E-state index in [0.717, 1.165) is 24.2 Å². The lowest BCUT2D eigenvalue weighted by atomic mass is 10.0. The second-order valence-corrected chi connectivity index (χ2v) is 10.7. The zero-order valence-corrected chi connectivity index (χ0v) is 22.7. The molecule has 5 N–H and O–H groups in total. The number of H-pyrrole nitrogens is 2. The number of aromatic amines is 2. The van der Waals surface area contributed by atoms with Crippen molar-refractivity contribution < 1.29 is 36.4 Å². The number of imidazole rings is 1. The van der Waals surface area contributed by atoms with Gasteiger partial charge in [0.05, 0.1) is 10.9 Å². The molecule has 0 bridgehead atoms. The zero-order chi connectivity index (χ0) is 30.1. The highest BCUT2D eigenvalue weighted by molar-refractivity contribution is 7.89. The van der Waals surface area contributed by atoms with Crippen LogP contribution in [0.5, 0.6) is 0 Å². The topological polar surface area (TPSA) is 203 Å². The fourth-order valence-electron chi connectivity index (χ4n) is 4.22. The SMILES string of the molecule is Cc1noc(C)c1S(=O)(=O)NC(CN(C)C(=O)c1c[nH]c2c(F)c(CCNc3ncc[nH]3)c(F)cc2c1=O)C(=O)O. The number of rotatable bonds is 11. The third-order valence-electron chi connectivity index (χ3n) is 6.19. The van der Waals surface area contributed by atoms with E-state index >= 15 is 4.39 Å². The number of halogens is 2.